The van der Waals surface area contributed by atoms with E-state index in [1.54, 1.807) is 6.92 Å². The van der Waals surface area contributed by atoms with E-state index < -0.39 is 23.3 Å². The molecule has 0 aromatic carbocycles. The van der Waals surface area contributed by atoms with Gasteiger partial charge in [-0.3, -0.25) is 4.90 Å². The highest BCUT2D eigenvalue weighted by molar-refractivity contribution is 7.16. The molecule has 6 atom stereocenters. The third-order valence-corrected chi connectivity index (χ3v) is 9.89. The number of nitrogen functional groups attached to an aromatic ring is 1. The van der Waals surface area contributed by atoms with E-state index >= 15 is 0 Å². The lowest BCUT2D eigenvalue weighted by Gasteiger charge is -2.30. The fourth-order valence-corrected chi connectivity index (χ4v) is 7.80. The topological polar surface area (TPSA) is 173 Å². The van der Waals surface area contributed by atoms with Gasteiger partial charge in [-0.1, -0.05) is 5.16 Å². The number of hydrogen-bond donors (Lipinski definition) is 2. The highest BCUT2D eigenvalue weighted by Gasteiger charge is 2.43. The van der Waals surface area contributed by atoms with Crippen LogP contribution in [0.25, 0.3) is 11.6 Å². The number of nitrogens with two attached hydrogens (primary N) is 1. The largest absolute Gasteiger partial charge is 0.459 e. The van der Waals surface area contributed by atoms with Crippen molar-refractivity contribution in [3.8, 4) is 23.7 Å². The first-order valence-electron chi connectivity index (χ1n) is 14.9. The average Bonchev–Trinajstić information content (AvgIpc) is 3.66. The number of aryl methyl sites for hydroxylation is 1. The Labute approximate surface area is 259 Å². The number of alkyl halides is 1. The molecule has 15 heteroatoms. The number of nitriles is 1. The number of thiophene rings is 1. The number of hydrogen-bond acceptors (Lipinski definition) is 14. The van der Waals surface area contributed by atoms with Gasteiger partial charge in [-0.15, -0.1) is 11.3 Å². The van der Waals surface area contributed by atoms with Crippen LogP contribution in [0.3, 0.4) is 0 Å². The smallest absolute Gasteiger partial charge is 0.322 e. The first-order chi connectivity index (χ1) is 20.9. The zero-order valence-corrected chi connectivity index (χ0v) is 26.4. The molecule has 13 nitrogen and oxygen atoms in total. The van der Waals surface area contributed by atoms with Gasteiger partial charge in [0.15, 0.2) is 0 Å². The predicted molar refractivity (Wildman–Crippen MR) is 160 cm³/mol. The Kier molecular flexibility index (Phi) is 7.98. The first kappa shape index (κ1) is 30.6. The van der Waals surface area contributed by atoms with Crippen LogP contribution in [0.5, 0.6) is 6.01 Å². The summed E-state index contributed by atoms with van der Waals surface area (Å²) in [5.41, 5.74) is 5.63. The second kappa shape index (κ2) is 11.5. The lowest BCUT2D eigenvalue weighted by atomic mass is 9.72. The second-order valence-electron chi connectivity index (χ2n) is 12.8. The number of fused-ring (bicyclic) bond motifs is 1. The SMILES string of the molecule is CC1CN(c2nc(O[C@@H](C)[C@@H]3C[C@@H](F)CN3C)nc(-c3noc([C@@]4(C)CCCc5sc(N)c(C#N)c54)n3)n2)C[C@@](C)(O)CO1. The van der Waals surface area contributed by atoms with E-state index in [2.05, 4.69) is 21.2 Å². The molecule has 0 amide bonds. The van der Waals surface area contributed by atoms with E-state index in [1.165, 1.54) is 11.3 Å². The number of rotatable bonds is 6. The monoisotopic (exact) mass is 627 g/mol. The summed E-state index contributed by atoms with van der Waals surface area (Å²) >= 11 is 1.43. The summed E-state index contributed by atoms with van der Waals surface area (Å²) in [6, 6.07) is 2.13. The van der Waals surface area contributed by atoms with Gasteiger partial charge < -0.3 is 29.7 Å². The Morgan fingerprint density at radius 3 is 2.75 bits per heavy atom. The molecule has 44 heavy (non-hydrogen) atoms. The van der Waals surface area contributed by atoms with Gasteiger partial charge in [0, 0.05) is 29.6 Å². The Balaban J connectivity index is 1.39. The Morgan fingerprint density at radius 1 is 1.23 bits per heavy atom. The van der Waals surface area contributed by atoms with Crippen LogP contribution in [-0.2, 0) is 16.6 Å². The third kappa shape index (κ3) is 5.71. The Bertz CT molecular complexity index is 1570. The number of nitrogens with zero attached hydrogens (tertiary/aromatic N) is 8. The van der Waals surface area contributed by atoms with E-state index in [1.807, 2.05) is 37.6 Å². The highest BCUT2D eigenvalue weighted by Crippen LogP contribution is 2.48. The molecular formula is C29H38FN9O4S. The minimum absolute atomic E-state index is 0.0283. The molecule has 0 bridgehead atoms. The van der Waals surface area contributed by atoms with Crippen LogP contribution in [0, 0.1) is 11.3 Å². The van der Waals surface area contributed by atoms with Crippen molar-refractivity contribution in [1.29, 1.82) is 5.26 Å². The number of aliphatic hydroxyl groups is 1. The fraction of sp³-hybridized carbons (Fsp3) is 0.655. The van der Waals surface area contributed by atoms with E-state index in [0.717, 1.165) is 23.3 Å². The summed E-state index contributed by atoms with van der Waals surface area (Å²) in [6.45, 7) is 8.58. The molecule has 3 aliphatic rings. The van der Waals surface area contributed by atoms with Gasteiger partial charge in [0.1, 0.15) is 28.9 Å². The molecule has 6 rings (SSSR count). The van der Waals surface area contributed by atoms with Crippen LogP contribution in [0.2, 0.25) is 0 Å². The van der Waals surface area contributed by atoms with Crippen molar-refractivity contribution in [2.24, 2.45) is 0 Å². The zero-order chi connectivity index (χ0) is 31.4. The summed E-state index contributed by atoms with van der Waals surface area (Å²) in [7, 11) is 1.87. The normalized spacial score (nSPS) is 30.0. The van der Waals surface area contributed by atoms with E-state index in [-0.39, 0.29) is 48.9 Å². The lowest BCUT2D eigenvalue weighted by Crippen LogP contribution is -2.43. The summed E-state index contributed by atoms with van der Waals surface area (Å²) in [4.78, 5) is 23.4. The van der Waals surface area contributed by atoms with Gasteiger partial charge in [-0.2, -0.15) is 25.2 Å². The summed E-state index contributed by atoms with van der Waals surface area (Å²) < 4.78 is 32.0. The number of aromatic nitrogens is 5. The van der Waals surface area contributed by atoms with E-state index in [0.29, 0.717) is 42.4 Å². The number of β-amino-alcohol motifs (C(OH)–C–C–N with tert-alkyl or cyclic N) is 1. The van der Waals surface area contributed by atoms with Crippen molar-refractivity contribution >= 4 is 22.3 Å². The molecule has 1 unspecified atom stereocenters. The van der Waals surface area contributed by atoms with Crippen molar-refractivity contribution in [3.63, 3.8) is 0 Å². The molecule has 1 aliphatic carbocycles. The number of likely N-dealkylation sites (tertiary alicyclic amines) is 1. The van der Waals surface area contributed by atoms with E-state index in [4.69, 9.17) is 29.7 Å². The van der Waals surface area contributed by atoms with Gasteiger partial charge in [0.2, 0.25) is 23.5 Å². The predicted octanol–water partition coefficient (Wildman–Crippen LogP) is 2.86. The van der Waals surface area contributed by atoms with Crippen LogP contribution in [0.1, 0.15) is 68.9 Å². The zero-order valence-electron chi connectivity index (χ0n) is 25.6. The standard InChI is InChI=1S/C29H38FN9O4S/c1-15-11-39(13-28(3,40)14-41-15)26-34-23(35-27(36-26)42-16(2)19-9-17(30)12-38(19)5)24-33-25(43-37-24)29(4)8-6-7-20-21(29)18(10-31)22(32)44-20/h15-17,19,40H,6-9,11-14,32H2,1-5H3/t15?,16-,17+,19-,28+,29-/m0/s1. The Morgan fingerprint density at radius 2 is 2.02 bits per heavy atom. The van der Waals surface area contributed by atoms with Crippen molar-refractivity contribution in [1.82, 2.24) is 30.0 Å². The minimum Gasteiger partial charge on any atom is -0.459 e. The average molecular weight is 628 g/mol. The van der Waals surface area contributed by atoms with Gasteiger partial charge in [-0.05, 0) is 60.4 Å². The number of ether oxygens (including phenoxy) is 2. The molecule has 2 saturated heterocycles. The van der Waals surface area contributed by atoms with Crippen molar-refractivity contribution < 1.29 is 23.5 Å². The van der Waals surface area contributed by atoms with Crippen LogP contribution in [0.15, 0.2) is 4.52 Å². The molecule has 0 radical (unpaired) electrons. The van der Waals surface area contributed by atoms with Gasteiger partial charge in [-0.25, -0.2) is 4.39 Å². The van der Waals surface area contributed by atoms with Gasteiger partial charge >= 0.3 is 6.01 Å². The molecule has 3 aromatic heterocycles. The van der Waals surface area contributed by atoms with Crippen LogP contribution >= 0.6 is 11.3 Å². The second-order valence-corrected chi connectivity index (χ2v) is 13.9. The van der Waals surface area contributed by atoms with Crippen molar-refractivity contribution in [2.45, 2.75) is 88.8 Å². The first-order valence-corrected chi connectivity index (χ1v) is 15.7. The molecule has 2 fully saturated rings. The molecule has 5 heterocycles. The summed E-state index contributed by atoms with van der Waals surface area (Å²) in [6.07, 6.45) is 1.20. The maximum Gasteiger partial charge on any atom is 0.322 e. The summed E-state index contributed by atoms with van der Waals surface area (Å²) in [5.74, 6) is 0.844. The quantitative estimate of drug-likeness (QED) is 0.409. The van der Waals surface area contributed by atoms with Crippen molar-refractivity contribution in [3.05, 3.63) is 21.9 Å². The molecular weight excluding hydrogens is 589 g/mol. The maximum atomic E-state index is 14.2. The van der Waals surface area contributed by atoms with Crippen LogP contribution in [-0.4, -0.2) is 98.4 Å². The van der Waals surface area contributed by atoms with Gasteiger partial charge in [0.25, 0.3) is 0 Å². The van der Waals surface area contributed by atoms with Gasteiger partial charge in [0.05, 0.1) is 30.2 Å². The number of halogens is 1. The third-order valence-electron chi connectivity index (χ3n) is 8.81. The van der Waals surface area contributed by atoms with Crippen LogP contribution in [0.4, 0.5) is 15.3 Å². The Hall–Kier alpha value is -3.45. The van der Waals surface area contributed by atoms with E-state index in [9.17, 15) is 14.8 Å². The molecule has 3 N–H and O–H groups in total. The van der Waals surface area contributed by atoms with Crippen molar-refractivity contribution in [2.75, 3.05) is 43.9 Å². The molecule has 2 aliphatic heterocycles. The molecule has 236 valence electrons. The summed E-state index contributed by atoms with van der Waals surface area (Å²) in [5, 5.41) is 25.5. The maximum absolute atomic E-state index is 14.2. The fourth-order valence-electron chi connectivity index (χ4n) is 6.61. The lowest BCUT2D eigenvalue weighted by molar-refractivity contribution is -0.0349. The highest BCUT2D eigenvalue weighted by atomic mass is 32.1. The minimum atomic E-state index is -1.15. The molecule has 0 saturated carbocycles. The molecule has 3 aromatic rings. The molecule has 0 spiro atoms. The van der Waals surface area contributed by atoms with Crippen LogP contribution < -0.4 is 15.4 Å². The number of anilines is 2. The number of likely N-dealkylation sites (N-methyl/N-ethyl adjacent to an activating group) is 1.